The van der Waals surface area contributed by atoms with Gasteiger partial charge in [0.2, 0.25) is 5.95 Å². The van der Waals surface area contributed by atoms with Gasteiger partial charge in [-0.25, -0.2) is 0 Å². The van der Waals surface area contributed by atoms with Gasteiger partial charge < -0.3 is 20.8 Å². The van der Waals surface area contributed by atoms with Crippen molar-refractivity contribution in [3.8, 4) is 5.75 Å². The van der Waals surface area contributed by atoms with Gasteiger partial charge in [-0.1, -0.05) is 6.07 Å². The molecule has 3 rings (SSSR count). The van der Waals surface area contributed by atoms with Crippen molar-refractivity contribution in [3.63, 3.8) is 0 Å². The van der Waals surface area contributed by atoms with E-state index in [1.807, 2.05) is 0 Å². The maximum atomic E-state index is 9.51. The lowest BCUT2D eigenvalue weighted by Crippen LogP contribution is -2.09. The molecule has 0 atom stereocenters. The van der Waals surface area contributed by atoms with Gasteiger partial charge in [0.05, 0.1) is 18.2 Å². The first kappa shape index (κ1) is 14.1. The van der Waals surface area contributed by atoms with Crippen molar-refractivity contribution in [2.24, 2.45) is 7.05 Å². The Hall–Kier alpha value is -2.87. The summed E-state index contributed by atoms with van der Waals surface area (Å²) in [5, 5.41) is 29.5. The van der Waals surface area contributed by atoms with Crippen LogP contribution in [0.25, 0.3) is 11.0 Å². The number of fused-ring (bicyclic) bond motifs is 1. The van der Waals surface area contributed by atoms with Crippen molar-refractivity contribution in [2.75, 3.05) is 23.8 Å². The van der Waals surface area contributed by atoms with Crippen LogP contribution in [-0.4, -0.2) is 43.1 Å². The van der Waals surface area contributed by atoms with Crippen molar-refractivity contribution >= 4 is 28.5 Å². The molecule has 0 amide bonds. The molecule has 0 saturated carbocycles. The number of benzene rings is 1. The molecule has 0 aliphatic carbocycles. The van der Waals surface area contributed by atoms with Gasteiger partial charge in [-0.3, -0.25) is 4.68 Å². The summed E-state index contributed by atoms with van der Waals surface area (Å²) >= 11 is 0. The van der Waals surface area contributed by atoms with Crippen molar-refractivity contribution in [3.05, 3.63) is 30.5 Å². The summed E-state index contributed by atoms with van der Waals surface area (Å²) in [6.07, 6.45) is 1.67. The first-order valence-corrected chi connectivity index (χ1v) is 6.78. The van der Waals surface area contributed by atoms with Crippen molar-refractivity contribution in [1.29, 1.82) is 0 Å². The van der Waals surface area contributed by atoms with E-state index in [0.29, 0.717) is 29.6 Å². The number of phenolic OH excluding ortho intramolecular Hbond substituents is 1. The highest BCUT2D eigenvalue weighted by molar-refractivity contribution is 5.87. The minimum atomic E-state index is 0.00107. The van der Waals surface area contributed by atoms with Crippen LogP contribution in [0.3, 0.4) is 0 Å². The van der Waals surface area contributed by atoms with Gasteiger partial charge in [0.1, 0.15) is 11.6 Å². The molecule has 8 nitrogen and oxygen atoms in total. The van der Waals surface area contributed by atoms with E-state index in [9.17, 15) is 5.11 Å². The zero-order valence-corrected chi connectivity index (χ0v) is 12.0. The Morgan fingerprint density at radius 3 is 2.91 bits per heavy atom. The number of aromatic nitrogens is 4. The fourth-order valence-electron chi connectivity index (χ4n) is 2.10. The molecule has 0 saturated heterocycles. The third kappa shape index (κ3) is 2.77. The predicted molar refractivity (Wildman–Crippen MR) is 83.3 cm³/mol. The topological polar surface area (TPSA) is 108 Å². The maximum Gasteiger partial charge on any atom is 0.231 e. The van der Waals surface area contributed by atoms with E-state index < -0.39 is 0 Å². The van der Waals surface area contributed by atoms with Gasteiger partial charge in [0, 0.05) is 25.3 Å². The van der Waals surface area contributed by atoms with Crippen LogP contribution >= 0.6 is 0 Å². The Kier molecular flexibility index (Phi) is 3.75. The number of aryl methyl sites for hydroxylation is 1. The quantitative estimate of drug-likeness (QED) is 0.561. The normalized spacial score (nSPS) is 10.8. The highest BCUT2D eigenvalue weighted by Crippen LogP contribution is 2.24. The van der Waals surface area contributed by atoms with Gasteiger partial charge >= 0.3 is 0 Å². The van der Waals surface area contributed by atoms with Gasteiger partial charge in [-0.05, 0) is 12.1 Å². The first-order valence-electron chi connectivity index (χ1n) is 6.78. The number of aromatic hydroxyl groups is 1. The third-order valence-corrected chi connectivity index (χ3v) is 3.10. The molecule has 114 valence electrons. The number of nitrogens with zero attached hydrogens (tertiary/aromatic N) is 4. The molecule has 4 N–H and O–H groups in total. The highest BCUT2D eigenvalue weighted by atomic mass is 16.3. The zero-order valence-electron chi connectivity index (χ0n) is 12.0. The summed E-state index contributed by atoms with van der Waals surface area (Å²) in [5.41, 5.74) is 1.34. The van der Waals surface area contributed by atoms with E-state index in [2.05, 4.69) is 25.7 Å². The van der Waals surface area contributed by atoms with Crippen LogP contribution < -0.4 is 10.6 Å². The number of phenols is 1. The second-order valence-electron chi connectivity index (χ2n) is 4.73. The van der Waals surface area contributed by atoms with E-state index in [1.54, 1.807) is 42.2 Å². The van der Waals surface area contributed by atoms with Gasteiger partial charge in [0.15, 0.2) is 5.65 Å². The van der Waals surface area contributed by atoms with Crippen molar-refractivity contribution < 1.29 is 10.2 Å². The molecule has 0 unspecified atom stereocenters. The van der Waals surface area contributed by atoms with E-state index in [4.69, 9.17) is 5.11 Å². The van der Waals surface area contributed by atoms with Gasteiger partial charge in [0.25, 0.3) is 0 Å². The monoisotopic (exact) mass is 300 g/mol. The average Bonchev–Trinajstić information content (AvgIpc) is 2.87. The van der Waals surface area contributed by atoms with Crippen LogP contribution in [-0.2, 0) is 7.05 Å². The van der Waals surface area contributed by atoms with E-state index in [0.717, 1.165) is 5.39 Å². The SMILES string of the molecule is Cn1ncc2c(NCCO)nc(Nc3cccc(O)c3)nc21. The van der Waals surface area contributed by atoms with Crippen LogP contribution in [0, 0.1) is 0 Å². The number of hydrogen-bond acceptors (Lipinski definition) is 7. The summed E-state index contributed by atoms with van der Waals surface area (Å²) in [4.78, 5) is 8.82. The lowest BCUT2D eigenvalue weighted by molar-refractivity contribution is 0.311. The summed E-state index contributed by atoms with van der Waals surface area (Å²) in [5.74, 6) is 1.13. The Morgan fingerprint density at radius 2 is 2.14 bits per heavy atom. The number of hydrogen-bond donors (Lipinski definition) is 4. The van der Waals surface area contributed by atoms with Crippen molar-refractivity contribution in [1.82, 2.24) is 19.7 Å². The van der Waals surface area contributed by atoms with E-state index in [1.165, 1.54) is 0 Å². The fraction of sp³-hybridized carbons (Fsp3) is 0.214. The molecule has 3 aromatic rings. The van der Waals surface area contributed by atoms with Crippen molar-refractivity contribution in [2.45, 2.75) is 0 Å². The molecular weight excluding hydrogens is 284 g/mol. The Morgan fingerprint density at radius 1 is 1.27 bits per heavy atom. The second kappa shape index (κ2) is 5.86. The Labute approximate surface area is 126 Å². The maximum absolute atomic E-state index is 9.51. The minimum Gasteiger partial charge on any atom is -0.508 e. The van der Waals surface area contributed by atoms with Crippen LogP contribution in [0.2, 0.25) is 0 Å². The molecule has 8 heteroatoms. The molecule has 1 aromatic carbocycles. The van der Waals surface area contributed by atoms with E-state index in [-0.39, 0.29) is 12.4 Å². The second-order valence-corrected chi connectivity index (χ2v) is 4.73. The molecular formula is C14H16N6O2. The summed E-state index contributed by atoms with van der Waals surface area (Å²) < 4.78 is 1.65. The molecule has 0 fully saturated rings. The van der Waals surface area contributed by atoms with Crippen LogP contribution in [0.1, 0.15) is 0 Å². The molecule has 0 aliphatic heterocycles. The standard InChI is InChI=1S/C14H16N6O2/c1-20-13-11(8-16-20)12(15-5-6-21)18-14(19-13)17-9-3-2-4-10(22)7-9/h2-4,7-8,21-22H,5-6H2,1H3,(H2,15,17,18,19). The summed E-state index contributed by atoms with van der Waals surface area (Å²) in [6, 6.07) is 6.70. The van der Waals surface area contributed by atoms with Crippen LogP contribution in [0.5, 0.6) is 5.75 Å². The molecule has 0 aliphatic rings. The lowest BCUT2D eigenvalue weighted by atomic mass is 10.3. The number of nitrogens with one attached hydrogen (secondary N) is 2. The first-order chi connectivity index (χ1) is 10.7. The molecule has 0 radical (unpaired) electrons. The van der Waals surface area contributed by atoms with Crippen LogP contribution in [0.4, 0.5) is 17.5 Å². The smallest absolute Gasteiger partial charge is 0.231 e. The molecule has 0 spiro atoms. The minimum absolute atomic E-state index is 0.00107. The predicted octanol–water partition coefficient (Wildman–Crippen LogP) is 1.22. The number of anilines is 3. The van der Waals surface area contributed by atoms with E-state index >= 15 is 0 Å². The van der Waals surface area contributed by atoms with Gasteiger partial charge in [-0.2, -0.15) is 15.1 Å². The highest BCUT2D eigenvalue weighted by Gasteiger charge is 2.11. The zero-order chi connectivity index (χ0) is 15.5. The largest absolute Gasteiger partial charge is 0.508 e. The summed E-state index contributed by atoms with van der Waals surface area (Å²) in [7, 11) is 1.79. The fourth-order valence-corrected chi connectivity index (χ4v) is 2.10. The number of aliphatic hydroxyl groups is 1. The Balaban J connectivity index is 2.00. The van der Waals surface area contributed by atoms with Gasteiger partial charge in [-0.15, -0.1) is 0 Å². The number of rotatable bonds is 5. The molecule has 2 aromatic heterocycles. The molecule has 0 bridgehead atoms. The molecule has 2 heterocycles. The lowest BCUT2D eigenvalue weighted by Gasteiger charge is -2.09. The summed E-state index contributed by atoms with van der Waals surface area (Å²) in [6.45, 7) is 0.383. The average molecular weight is 300 g/mol. The molecule has 22 heavy (non-hydrogen) atoms. The third-order valence-electron chi connectivity index (χ3n) is 3.10. The Bertz CT molecular complexity index is 801. The number of aliphatic hydroxyl groups excluding tert-OH is 1. The van der Waals surface area contributed by atoms with Crippen LogP contribution in [0.15, 0.2) is 30.5 Å².